The lowest BCUT2D eigenvalue weighted by molar-refractivity contribution is -0.186. The zero-order valence-electron chi connectivity index (χ0n) is 20.8. The molecule has 0 radical (unpaired) electrons. The van der Waals surface area contributed by atoms with E-state index in [1.165, 1.54) is 41.3 Å². The van der Waals surface area contributed by atoms with E-state index >= 15 is 0 Å². The number of amides is 1. The molecule has 204 valence electrons. The minimum absolute atomic E-state index is 0.00262. The van der Waals surface area contributed by atoms with Crippen LogP contribution in [0.4, 0.5) is 26.7 Å². The lowest BCUT2D eigenvalue weighted by Gasteiger charge is -2.41. The van der Waals surface area contributed by atoms with Crippen LogP contribution in [-0.4, -0.2) is 45.7 Å². The fourth-order valence-electron chi connectivity index (χ4n) is 3.93. The van der Waals surface area contributed by atoms with Gasteiger partial charge < -0.3 is 19.6 Å². The molecule has 0 spiro atoms. The number of carbonyl (C=O) groups excluding carboxylic acids is 1. The van der Waals surface area contributed by atoms with Gasteiger partial charge in [-0.1, -0.05) is 30.3 Å². The van der Waals surface area contributed by atoms with Crippen LogP contribution in [-0.2, 0) is 17.5 Å². The van der Waals surface area contributed by atoms with E-state index in [1.54, 1.807) is 20.8 Å². The molecule has 1 amide bonds. The SMILES string of the molecule is CC(C)(C)OC(=O)NCc1ncc(-c2ccc(-c3ccc(C(O)N4CC(F)(F)C4)cc3)cc2C(F)(F)F)o1. The zero-order valence-corrected chi connectivity index (χ0v) is 20.8. The Bertz CT molecular complexity index is 1290. The van der Waals surface area contributed by atoms with Gasteiger partial charge in [-0.3, -0.25) is 4.90 Å². The van der Waals surface area contributed by atoms with E-state index in [0.717, 1.165) is 12.3 Å². The number of nitrogens with zero attached hydrogens (tertiary/aromatic N) is 2. The Morgan fingerprint density at radius 3 is 2.34 bits per heavy atom. The first-order valence-corrected chi connectivity index (χ1v) is 11.6. The Kier molecular flexibility index (Phi) is 7.23. The molecule has 12 heteroatoms. The zero-order chi connectivity index (χ0) is 27.9. The number of nitrogens with one attached hydrogen (secondary N) is 1. The largest absolute Gasteiger partial charge is 0.444 e. The molecule has 0 saturated carbocycles. The molecule has 0 aliphatic carbocycles. The number of alkyl halides is 5. The van der Waals surface area contributed by atoms with Gasteiger partial charge in [-0.25, -0.2) is 18.6 Å². The van der Waals surface area contributed by atoms with Gasteiger partial charge in [0.25, 0.3) is 5.92 Å². The second-order valence-electron chi connectivity index (χ2n) is 9.99. The van der Waals surface area contributed by atoms with Gasteiger partial charge in [0.05, 0.1) is 31.4 Å². The van der Waals surface area contributed by atoms with Crippen LogP contribution in [0.5, 0.6) is 0 Å². The molecule has 7 nitrogen and oxygen atoms in total. The molecule has 3 aromatic rings. The highest BCUT2D eigenvalue weighted by Crippen LogP contribution is 2.40. The topological polar surface area (TPSA) is 87.8 Å². The number of carbonyl (C=O) groups is 1. The number of alkyl carbamates (subject to hydrolysis) is 1. The van der Waals surface area contributed by atoms with Gasteiger partial charge in [0.2, 0.25) is 5.89 Å². The van der Waals surface area contributed by atoms with Gasteiger partial charge in [0.1, 0.15) is 11.8 Å². The number of rotatable bonds is 6. The maximum Gasteiger partial charge on any atom is 0.417 e. The normalized spacial score (nSPS) is 16.6. The Morgan fingerprint density at radius 2 is 1.76 bits per heavy atom. The van der Waals surface area contributed by atoms with E-state index in [4.69, 9.17) is 9.15 Å². The van der Waals surface area contributed by atoms with Gasteiger partial charge in [-0.15, -0.1) is 0 Å². The molecule has 1 aliphatic heterocycles. The quantitative estimate of drug-likeness (QED) is 0.374. The average Bonchev–Trinajstić information content (AvgIpc) is 3.28. The average molecular weight is 540 g/mol. The Morgan fingerprint density at radius 1 is 1.13 bits per heavy atom. The number of benzene rings is 2. The third kappa shape index (κ3) is 6.48. The van der Waals surface area contributed by atoms with Crippen molar-refractivity contribution in [3.63, 3.8) is 0 Å². The molecule has 2 aromatic carbocycles. The number of oxazole rings is 1. The van der Waals surface area contributed by atoms with E-state index < -0.39 is 48.7 Å². The van der Waals surface area contributed by atoms with Gasteiger partial charge in [0, 0.05) is 5.56 Å². The first-order valence-electron chi connectivity index (χ1n) is 11.6. The van der Waals surface area contributed by atoms with Crippen LogP contribution >= 0.6 is 0 Å². The van der Waals surface area contributed by atoms with Crippen molar-refractivity contribution >= 4 is 6.09 Å². The summed E-state index contributed by atoms with van der Waals surface area (Å²) in [4.78, 5) is 16.9. The van der Waals surface area contributed by atoms with E-state index in [0.29, 0.717) is 11.1 Å². The summed E-state index contributed by atoms with van der Waals surface area (Å²) in [6.45, 7) is 3.76. The number of halogens is 5. The molecule has 1 fully saturated rings. The minimum Gasteiger partial charge on any atom is -0.444 e. The molecular formula is C26H26F5N3O4. The highest BCUT2D eigenvalue weighted by Gasteiger charge is 2.46. The van der Waals surface area contributed by atoms with Crippen molar-refractivity contribution in [2.75, 3.05) is 13.1 Å². The summed E-state index contributed by atoms with van der Waals surface area (Å²) >= 11 is 0. The molecule has 1 aliphatic rings. The van der Waals surface area contributed by atoms with E-state index in [9.17, 15) is 31.9 Å². The molecule has 4 rings (SSSR count). The summed E-state index contributed by atoms with van der Waals surface area (Å²) in [6, 6.07) is 9.71. The van der Waals surface area contributed by atoms with E-state index in [-0.39, 0.29) is 29.3 Å². The Hall–Kier alpha value is -3.51. The lowest BCUT2D eigenvalue weighted by Crippen LogP contribution is -2.57. The molecule has 2 N–H and O–H groups in total. The number of ether oxygens (including phenoxy) is 1. The van der Waals surface area contributed by atoms with Gasteiger partial charge in [0.15, 0.2) is 5.76 Å². The van der Waals surface area contributed by atoms with Crippen molar-refractivity contribution in [3.8, 4) is 22.5 Å². The van der Waals surface area contributed by atoms with Crippen LogP contribution in [0.3, 0.4) is 0 Å². The highest BCUT2D eigenvalue weighted by atomic mass is 19.4. The predicted octanol–water partition coefficient (Wildman–Crippen LogP) is 5.99. The standard InChI is InChI=1S/C26H26F5N3O4/c1-24(2,3)38-23(36)33-12-21-32-11-20(37-21)18-9-8-17(10-19(18)26(29,30)31)15-4-6-16(7-5-15)22(35)34-13-25(27,28)14-34/h4-11,22,35H,12-14H2,1-3H3,(H,33,36). The number of likely N-dealkylation sites (tertiary alicyclic amines) is 1. The first kappa shape index (κ1) is 27.5. The Labute approximate surface area is 215 Å². The van der Waals surface area contributed by atoms with E-state index in [1.807, 2.05) is 0 Å². The summed E-state index contributed by atoms with van der Waals surface area (Å²) in [6.07, 6.45) is -5.53. The van der Waals surface area contributed by atoms with Gasteiger partial charge in [-0.05, 0) is 49.6 Å². The minimum atomic E-state index is -4.72. The second kappa shape index (κ2) is 9.99. The van der Waals surface area contributed by atoms with Crippen LogP contribution in [0.2, 0.25) is 0 Å². The summed E-state index contributed by atoms with van der Waals surface area (Å²) in [5.74, 6) is -2.97. The number of aromatic nitrogens is 1. The molecule has 38 heavy (non-hydrogen) atoms. The molecule has 1 aromatic heterocycles. The fourth-order valence-corrected chi connectivity index (χ4v) is 3.93. The van der Waals surface area contributed by atoms with Crippen LogP contribution in [0, 0.1) is 0 Å². The van der Waals surface area contributed by atoms with Gasteiger partial charge >= 0.3 is 12.3 Å². The van der Waals surface area contributed by atoms with Crippen LogP contribution in [0.15, 0.2) is 53.1 Å². The maximum absolute atomic E-state index is 14.0. The lowest BCUT2D eigenvalue weighted by atomic mass is 9.96. The van der Waals surface area contributed by atoms with Crippen molar-refractivity contribution in [1.29, 1.82) is 0 Å². The van der Waals surface area contributed by atoms with Crippen molar-refractivity contribution < 1.29 is 41.0 Å². The van der Waals surface area contributed by atoms with Crippen LogP contribution in [0.25, 0.3) is 22.5 Å². The number of aliphatic hydroxyl groups excluding tert-OH is 1. The first-order chi connectivity index (χ1) is 17.6. The predicted molar refractivity (Wildman–Crippen MR) is 127 cm³/mol. The summed E-state index contributed by atoms with van der Waals surface area (Å²) in [7, 11) is 0. The van der Waals surface area contributed by atoms with Crippen molar-refractivity contribution in [1.82, 2.24) is 15.2 Å². The molecule has 2 heterocycles. The summed E-state index contributed by atoms with van der Waals surface area (Å²) in [5, 5.41) is 12.7. The third-order valence-electron chi connectivity index (χ3n) is 5.68. The van der Waals surface area contributed by atoms with E-state index in [2.05, 4.69) is 10.3 Å². The molecule has 1 atom stereocenters. The number of aliphatic hydroxyl groups is 1. The highest BCUT2D eigenvalue weighted by molar-refractivity contribution is 5.72. The number of hydrogen-bond donors (Lipinski definition) is 2. The Balaban J connectivity index is 1.52. The van der Waals surface area contributed by atoms with Crippen molar-refractivity contribution in [2.24, 2.45) is 0 Å². The van der Waals surface area contributed by atoms with Crippen molar-refractivity contribution in [2.45, 2.75) is 51.2 Å². The fraction of sp³-hybridized carbons (Fsp3) is 0.385. The molecule has 1 unspecified atom stereocenters. The third-order valence-corrected chi connectivity index (χ3v) is 5.68. The second-order valence-corrected chi connectivity index (χ2v) is 9.99. The molecule has 0 bridgehead atoms. The van der Waals surface area contributed by atoms with Crippen LogP contribution in [0.1, 0.15) is 44.0 Å². The summed E-state index contributed by atoms with van der Waals surface area (Å²) < 4.78 is 78.7. The molecule has 1 saturated heterocycles. The molecular weight excluding hydrogens is 513 g/mol. The maximum atomic E-state index is 14.0. The monoisotopic (exact) mass is 539 g/mol. The smallest absolute Gasteiger partial charge is 0.417 e. The number of hydrogen-bond acceptors (Lipinski definition) is 6. The van der Waals surface area contributed by atoms with Crippen LogP contribution < -0.4 is 5.32 Å². The van der Waals surface area contributed by atoms with Gasteiger partial charge in [-0.2, -0.15) is 13.2 Å². The summed E-state index contributed by atoms with van der Waals surface area (Å²) in [5.41, 5.74) is -0.865. The van der Waals surface area contributed by atoms with Crippen molar-refractivity contribution in [3.05, 3.63) is 65.7 Å².